The molecular formula is C15H19N3O. The van der Waals surface area contributed by atoms with E-state index in [1.54, 1.807) is 0 Å². The molecule has 0 radical (unpaired) electrons. The van der Waals surface area contributed by atoms with Crippen LogP contribution in [0.25, 0.3) is 0 Å². The Morgan fingerprint density at radius 1 is 1.00 bits per heavy atom. The Morgan fingerprint density at radius 3 is 2.32 bits per heavy atom. The standard InChI is InChI=1S/C15H19N3O/c1-5-16-14-9-15(18-12(4)17-14)19-13-7-10(2)6-11(3)8-13/h6-9H,5H2,1-4H3,(H,16,17,18). The topological polar surface area (TPSA) is 47.0 Å². The molecule has 0 amide bonds. The number of nitrogens with zero attached hydrogens (tertiary/aromatic N) is 2. The second-order valence-corrected chi connectivity index (χ2v) is 4.59. The maximum Gasteiger partial charge on any atom is 0.224 e. The molecular weight excluding hydrogens is 238 g/mol. The quantitative estimate of drug-likeness (QED) is 0.908. The molecule has 0 fully saturated rings. The van der Waals surface area contributed by atoms with Gasteiger partial charge in [-0.15, -0.1) is 0 Å². The van der Waals surface area contributed by atoms with Crippen LogP contribution < -0.4 is 10.1 Å². The van der Waals surface area contributed by atoms with E-state index in [1.165, 1.54) is 11.1 Å². The molecule has 2 rings (SSSR count). The number of hydrogen-bond donors (Lipinski definition) is 1. The fourth-order valence-corrected chi connectivity index (χ4v) is 1.98. The molecule has 1 aromatic carbocycles. The molecule has 0 saturated heterocycles. The van der Waals surface area contributed by atoms with E-state index in [-0.39, 0.29) is 0 Å². The molecule has 0 bridgehead atoms. The first-order valence-electron chi connectivity index (χ1n) is 6.42. The van der Waals surface area contributed by atoms with Crippen LogP contribution in [0.4, 0.5) is 5.82 Å². The van der Waals surface area contributed by atoms with Crippen molar-refractivity contribution in [2.75, 3.05) is 11.9 Å². The molecule has 100 valence electrons. The molecule has 2 aromatic rings. The number of aryl methyl sites for hydroxylation is 3. The molecule has 4 nitrogen and oxygen atoms in total. The zero-order valence-corrected chi connectivity index (χ0v) is 11.8. The molecule has 1 aromatic heterocycles. The van der Waals surface area contributed by atoms with Crippen molar-refractivity contribution in [2.24, 2.45) is 0 Å². The van der Waals surface area contributed by atoms with Gasteiger partial charge in [-0.3, -0.25) is 0 Å². The number of rotatable bonds is 4. The van der Waals surface area contributed by atoms with E-state index in [4.69, 9.17) is 4.74 Å². The zero-order valence-electron chi connectivity index (χ0n) is 11.8. The molecule has 0 aliphatic heterocycles. The Hall–Kier alpha value is -2.10. The summed E-state index contributed by atoms with van der Waals surface area (Å²) in [6.07, 6.45) is 0. The Labute approximate surface area is 113 Å². The highest BCUT2D eigenvalue weighted by molar-refractivity contribution is 5.41. The lowest BCUT2D eigenvalue weighted by Crippen LogP contribution is -2.02. The molecule has 0 unspecified atom stereocenters. The number of hydrogen-bond acceptors (Lipinski definition) is 4. The van der Waals surface area contributed by atoms with Gasteiger partial charge in [0.2, 0.25) is 5.88 Å². The first-order valence-corrected chi connectivity index (χ1v) is 6.42. The average Bonchev–Trinajstić information content (AvgIpc) is 2.26. The maximum atomic E-state index is 5.82. The second kappa shape index (κ2) is 5.69. The van der Waals surface area contributed by atoms with Gasteiger partial charge in [0.1, 0.15) is 17.4 Å². The molecule has 4 heteroatoms. The van der Waals surface area contributed by atoms with Crippen LogP contribution >= 0.6 is 0 Å². The second-order valence-electron chi connectivity index (χ2n) is 4.59. The Balaban J connectivity index is 2.27. The molecule has 0 spiro atoms. The highest BCUT2D eigenvalue weighted by atomic mass is 16.5. The van der Waals surface area contributed by atoms with Crippen molar-refractivity contribution >= 4 is 5.82 Å². The SMILES string of the molecule is CCNc1cc(Oc2cc(C)cc(C)c2)nc(C)n1. The molecule has 1 heterocycles. The Kier molecular flexibility index (Phi) is 4.00. The molecule has 0 saturated carbocycles. The van der Waals surface area contributed by atoms with Gasteiger partial charge in [-0.1, -0.05) is 6.07 Å². The van der Waals surface area contributed by atoms with Gasteiger partial charge in [-0.2, -0.15) is 4.98 Å². The third-order valence-corrected chi connectivity index (χ3v) is 2.59. The summed E-state index contributed by atoms with van der Waals surface area (Å²) in [6.45, 7) is 8.81. The van der Waals surface area contributed by atoms with Crippen molar-refractivity contribution in [3.63, 3.8) is 0 Å². The summed E-state index contributed by atoms with van der Waals surface area (Å²) in [4.78, 5) is 8.60. The van der Waals surface area contributed by atoms with Crippen molar-refractivity contribution in [3.05, 3.63) is 41.2 Å². The first kappa shape index (κ1) is 13.3. The van der Waals surface area contributed by atoms with Crippen molar-refractivity contribution in [1.82, 2.24) is 9.97 Å². The van der Waals surface area contributed by atoms with Gasteiger partial charge in [0.05, 0.1) is 0 Å². The monoisotopic (exact) mass is 257 g/mol. The van der Waals surface area contributed by atoms with Gasteiger partial charge in [-0.25, -0.2) is 4.98 Å². The lowest BCUT2D eigenvalue weighted by molar-refractivity contribution is 0.459. The minimum absolute atomic E-state index is 0.563. The van der Waals surface area contributed by atoms with Crippen molar-refractivity contribution in [2.45, 2.75) is 27.7 Å². The molecule has 0 aliphatic rings. The number of nitrogens with one attached hydrogen (secondary N) is 1. The van der Waals surface area contributed by atoms with E-state index >= 15 is 0 Å². The van der Waals surface area contributed by atoms with Crippen LogP contribution in [0.5, 0.6) is 11.6 Å². The van der Waals surface area contributed by atoms with Crippen LogP contribution in [-0.2, 0) is 0 Å². The fraction of sp³-hybridized carbons (Fsp3) is 0.333. The first-order chi connectivity index (χ1) is 9.06. The summed E-state index contributed by atoms with van der Waals surface area (Å²) >= 11 is 0. The normalized spacial score (nSPS) is 10.3. The summed E-state index contributed by atoms with van der Waals surface area (Å²) < 4.78 is 5.82. The summed E-state index contributed by atoms with van der Waals surface area (Å²) in [7, 11) is 0. The van der Waals surface area contributed by atoms with Crippen LogP contribution in [0.1, 0.15) is 23.9 Å². The number of aromatic nitrogens is 2. The lowest BCUT2D eigenvalue weighted by atomic mass is 10.1. The van der Waals surface area contributed by atoms with Gasteiger partial charge < -0.3 is 10.1 Å². The van der Waals surface area contributed by atoms with E-state index < -0.39 is 0 Å². The largest absolute Gasteiger partial charge is 0.439 e. The minimum atomic E-state index is 0.563. The maximum absolute atomic E-state index is 5.82. The molecule has 1 N–H and O–H groups in total. The smallest absolute Gasteiger partial charge is 0.224 e. The third kappa shape index (κ3) is 3.68. The third-order valence-electron chi connectivity index (χ3n) is 2.59. The predicted molar refractivity (Wildman–Crippen MR) is 76.9 cm³/mol. The van der Waals surface area contributed by atoms with Crippen molar-refractivity contribution in [3.8, 4) is 11.6 Å². The highest BCUT2D eigenvalue weighted by Gasteiger charge is 2.04. The van der Waals surface area contributed by atoms with E-state index in [0.29, 0.717) is 11.7 Å². The lowest BCUT2D eigenvalue weighted by Gasteiger charge is -2.09. The van der Waals surface area contributed by atoms with Gasteiger partial charge in [0.25, 0.3) is 0 Å². The van der Waals surface area contributed by atoms with E-state index in [9.17, 15) is 0 Å². The summed E-state index contributed by atoms with van der Waals surface area (Å²) in [5.74, 6) is 2.85. The summed E-state index contributed by atoms with van der Waals surface area (Å²) in [5.41, 5.74) is 2.35. The Morgan fingerprint density at radius 2 is 1.68 bits per heavy atom. The van der Waals surface area contributed by atoms with Crippen molar-refractivity contribution < 1.29 is 4.74 Å². The van der Waals surface area contributed by atoms with E-state index in [0.717, 1.165) is 18.1 Å². The van der Waals surface area contributed by atoms with Crippen molar-refractivity contribution in [1.29, 1.82) is 0 Å². The molecule has 0 atom stereocenters. The van der Waals surface area contributed by atoms with Crippen LogP contribution in [-0.4, -0.2) is 16.5 Å². The average molecular weight is 257 g/mol. The summed E-state index contributed by atoms with van der Waals surface area (Å²) in [5, 5.41) is 3.17. The highest BCUT2D eigenvalue weighted by Crippen LogP contribution is 2.23. The fourth-order valence-electron chi connectivity index (χ4n) is 1.98. The zero-order chi connectivity index (χ0) is 13.8. The predicted octanol–water partition coefficient (Wildman–Crippen LogP) is 3.63. The Bertz CT molecular complexity index is 561. The van der Waals surface area contributed by atoms with Gasteiger partial charge in [0, 0.05) is 12.6 Å². The van der Waals surface area contributed by atoms with Crippen LogP contribution in [0, 0.1) is 20.8 Å². The number of ether oxygens (including phenoxy) is 1. The summed E-state index contributed by atoms with van der Waals surface area (Å²) in [6, 6.07) is 7.92. The minimum Gasteiger partial charge on any atom is -0.439 e. The molecule has 0 aliphatic carbocycles. The van der Waals surface area contributed by atoms with Crippen LogP contribution in [0.3, 0.4) is 0 Å². The van der Waals surface area contributed by atoms with Gasteiger partial charge in [0.15, 0.2) is 0 Å². The van der Waals surface area contributed by atoms with E-state index in [2.05, 4.69) is 35.2 Å². The van der Waals surface area contributed by atoms with Gasteiger partial charge in [-0.05, 0) is 51.0 Å². The van der Waals surface area contributed by atoms with Gasteiger partial charge >= 0.3 is 0 Å². The number of benzene rings is 1. The van der Waals surface area contributed by atoms with Crippen LogP contribution in [0.2, 0.25) is 0 Å². The molecule has 19 heavy (non-hydrogen) atoms. The van der Waals surface area contributed by atoms with Crippen LogP contribution in [0.15, 0.2) is 24.3 Å². The van der Waals surface area contributed by atoms with E-state index in [1.807, 2.05) is 32.0 Å². The number of anilines is 1.